The quantitative estimate of drug-likeness (QED) is 0.328. The highest BCUT2D eigenvalue weighted by Gasteiger charge is 2.34. The van der Waals surface area contributed by atoms with Gasteiger partial charge in [0, 0.05) is 22.1 Å². The van der Waals surface area contributed by atoms with E-state index >= 15 is 0 Å². The molecule has 2 amide bonds. The Kier molecular flexibility index (Phi) is 10.1. The van der Waals surface area contributed by atoms with Crippen LogP contribution in [-0.4, -0.2) is 50.4 Å². The summed E-state index contributed by atoms with van der Waals surface area (Å²) in [6, 6.07) is 18.2. The molecule has 40 heavy (non-hydrogen) atoms. The zero-order valence-electron chi connectivity index (χ0n) is 23.0. The van der Waals surface area contributed by atoms with Crippen LogP contribution in [0.1, 0.15) is 33.3 Å². The number of sulfonamides is 1. The van der Waals surface area contributed by atoms with Crippen molar-refractivity contribution in [3.8, 4) is 5.75 Å². The van der Waals surface area contributed by atoms with Gasteiger partial charge in [-0.2, -0.15) is 0 Å². The molecule has 3 aromatic rings. The van der Waals surface area contributed by atoms with Crippen LogP contribution in [0, 0.1) is 0 Å². The number of hydrogen-bond donors (Lipinski definition) is 1. The van der Waals surface area contributed by atoms with E-state index in [9.17, 15) is 18.0 Å². The van der Waals surface area contributed by atoms with Crippen LogP contribution in [0.15, 0.2) is 77.7 Å². The van der Waals surface area contributed by atoms with Crippen molar-refractivity contribution >= 4 is 50.7 Å². The van der Waals surface area contributed by atoms with Gasteiger partial charge < -0.3 is 15.0 Å². The molecule has 0 spiro atoms. The van der Waals surface area contributed by atoms with Crippen LogP contribution in [-0.2, 0) is 26.2 Å². The van der Waals surface area contributed by atoms with E-state index in [2.05, 4.69) is 5.32 Å². The monoisotopic (exact) mass is 605 g/mol. The van der Waals surface area contributed by atoms with Gasteiger partial charge >= 0.3 is 0 Å². The molecule has 0 aliphatic rings. The molecule has 3 rings (SSSR count). The Labute approximate surface area is 245 Å². The number of amides is 2. The molecular formula is C29H33Cl2N3O5S. The largest absolute Gasteiger partial charge is 0.495 e. The maximum absolute atomic E-state index is 14.0. The molecule has 214 valence electrons. The SMILES string of the molecule is COc1ccccc1N(CC(=O)N(Cc1ccc(Cl)cc1Cl)C(C)C(=O)NC(C)(C)C)S(=O)(=O)c1ccccc1. The van der Waals surface area contributed by atoms with Crippen LogP contribution in [0.3, 0.4) is 0 Å². The van der Waals surface area contributed by atoms with Crippen molar-refractivity contribution in [2.45, 2.75) is 50.7 Å². The van der Waals surface area contributed by atoms with Crippen LogP contribution < -0.4 is 14.4 Å². The number of carbonyl (C=O) groups excluding carboxylic acids is 2. The van der Waals surface area contributed by atoms with Crippen molar-refractivity contribution in [2.75, 3.05) is 18.0 Å². The van der Waals surface area contributed by atoms with Gasteiger partial charge in [0.15, 0.2) is 0 Å². The van der Waals surface area contributed by atoms with Crippen molar-refractivity contribution in [3.63, 3.8) is 0 Å². The predicted octanol–water partition coefficient (Wildman–Crippen LogP) is 5.53. The first kappa shape index (κ1) is 31.3. The maximum Gasteiger partial charge on any atom is 0.264 e. The van der Waals surface area contributed by atoms with Crippen molar-refractivity contribution in [1.29, 1.82) is 0 Å². The van der Waals surface area contributed by atoms with E-state index in [1.165, 1.54) is 24.1 Å². The van der Waals surface area contributed by atoms with Crippen LogP contribution in [0.25, 0.3) is 0 Å². The summed E-state index contributed by atoms with van der Waals surface area (Å²) in [4.78, 5) is 28.5. The number of hydrogen-bond acceptors (Lipinski definition) is 5. The van der Waals surface area contributed by atoms with E-state index in [4.69, 9.17) is 27.9 Å². The second kappa shape index (κ2) is 12.9. The molecule has 0 fully saturated rings. The van der Waals surface area contributed by atoms with E-state index in [0.29, 0.717) is 15.6 Å². The molecule has 0 saturated carbocycles. The minimum atomic E-state index is -4.21. The summed E-state index contributed by atoms with van der Waals surface area (Å²) in [6.07, 6.45) is 0. The van der Waals surface area contributed by atoms with Crippen LogP contribution in [0.2, 0.25) is 10.0 Å². The zero-order valence-corrected chi connectivity index (χ0v) is 25.3. The van der Waals surface area contributed by atoms with Gasteiger partial charge in [0.2, 0.25) is 11.8 Å². The number of methoxy groups -OCH3 is 1. The van der Waals surface area contributed by atoms with E-state index in [-0.39, 0.29) is 22.9 Å². The third-order valence-corrected chi connectivity index (χ3v) is 8.35. The summed E-state index contributed by atoms with van der Waals surface area (Å²) in [7, 11) is -2.80. The Bertz CT molecular complexity index is 1460. The van der Waals surface area contributed by atoms with Gasteiger partial charge in [-0.1, -0.05) is 59.6 Å². The van der Waals surface area contributed by atoms with Crippen molar-refractivity contribution in [2.24, 2.45) is 0 Å². The zero-order chi connectivity index (χ0) is 29.7. The van der Waals surface area contributed by atoms with Gasteiger partial charge in [-0.15, -0.1) is 0 Å². The average molecular weight is 607 g/mol. The minimum Gasteiger partial charge on any atom is -0.495 e. The van der Waals surface area contributed by atoms with E-state index in [1.54, 1.807) is 67.6 Å². The number of halogens is 2. The van der Waals surface area contributed by atoms with Crippen molar-refractivity contribution in [3.05, 3.63) is 88.4 Å². The molecule has 3 aromatic carbocycles. The van der Waals surface area contributed by atoms with Gasteiger partial charge in [-0.3, -0.25) is 13.9 Å². The van der Waals surface area contributed by atoms with Gasteiger partial charge in [-0.05, 0) is 69.7 Å². The highest BCUT2D eigenvalue weighted by molar-refractivity contribution is 7.92. The molecule has 0 radical (unpaired) electrons. The van der Waals surface area contributed by atoms with E-state index in [1.807, 2.05) is 20.8 Å². The minimum absolute atomic E-state index is 0.000439. The lowest BCUT2D eigenvalue weighted by molar-refractivity contribution is -0.140. The first-order chi connectivity index (χ1) is 18.7. The van der Waals surface area contributed by atoms with Crippen LogP contribution in [0.4, 0.5) is 5.69 Å². The molecule has 1 N–H and O–H groups in total. The van der Waals surface area contributed by atoms with Crippen LogP contribution in [0.5, 0.6) is 5.75 Å². The summed E-state index contributed by atoms with van der Waals surface area (Å²) in [5, 5.41) is 3.61. The topological polar surface area (TPSA) is 96.0 Å². The summed E-state index contributed by atoms with van der Waals surface area (Å²) in [6.45, 7) is 6.41. The Morgan fingerprint density at radius 1 is 0.975 bits per heavy atom. The molecule has 11 heteroatoms. The Morgan fingerprint density at radius 3 is 2.20 bits per heavy atom. The molecule has 8 nitrogen and oxygen atoms in total. The summed E-state index contributed by atoms with van der Waals surface area (Å²) in [5.41, 5.74) is 0.168. The maximum atomic E-state index is 14.0. The van der Waals surface area contributed by atoms with Gasteiger partial charge in [0.25, 0.3) is 10.0 Å². The lowest BCUT2D eigenvalue weighted by atomic mass is 10.1. The van der Waals surface area contributed by atoms with Gasteiger partial charge in [0.05, 0.1) is 17.7 Å². The number of benzene rings is 3. The molecule has 1 atom stereocenters. The van der Waals surface area contributed by atoms with Gasteiger partial charge in [-0.25, -0.2) is 8.42 Å². The summed E-state index contributed by atoms with van der Waals surface area (Å²) < 4.78 is 34.2. The normalized spacial score (nSPS) is 12.4. The van der Waals surface area contributed by atoms with Crippen molar-refractivity contribution in [1.82, 2.24) is 10.2 Å². The first-order valence-electron chi connectivity index (χ1n) is 12.5. The third-order valence-electron chi connectivity index (χ3n) is 5.99. The number of anilines is 1. The fourth-order valence-corrected chi connectivity index (χ4v) is 5.87. The molecule has 0 heterocycles. The lowest BCUT2D eigenvalue weighted by Crippen LogP contribution is -2.54. The smallest absolute Gasteiger partial charge is 0.264 e. The van der Waals surface area contributed by atoms with E-state index < -0.39 is 40.0 Å². The second-order valence-corrected chi connectivity index (χ2v) is 12.9. The van der Waals surface area contributed by atoms with Crippen molar-refractivity contribution < 1.29 is 22.7 Å². The molecule has 0 bridgehead atoms. The third kappa shape index (κ3) is 7.68. The highest BCUT2D eigenvalue weighted by atomic mass is 35.5. The number of ether oxygens (including phenoxy) is 1. The summed E-state index contributed by atoms with van der Waals surface area (Å²) >= 11 is 12.5. The molecule has 0 aliphatic heterocycles. The molecule has 0 saturated heterocycles. The van der Waals surface area contributed by atoms with Gasteiger partial charge in [0.1, 0.15) is 18.3 Å². The lowest BCUT2D eigenvalue weighted by Gasteiger charge is -2.34. The Morgan fingerprint density at radius 2 is 1.60 bits per heavy atom. The van der Waals surface area contributed by atoms with Crippen LogP contribution >= 0.6 is 23.2 Å². The standard InChI is InChI=1S/C29H33Cl2N3O5S/c1-20(28(36)32-29(2,3)4)33(18-21-15-16-22(30)17-24(21)31)27(35)19-34(25-13-9-10-14-26(25)39-5)40(37,38)23-11-7-6-8-12-23/h6-17,20H,18-19H2,1-5H3,(H,32,36). The second-order valence-electron chi connectivity index (χ2n) is 10.2. The molecule has 0 aromatic heterocycles. The first-order valence-corrected chi connectivity index (χ1v) is 14.7. The fraction of sp³-hybridized carbons (Fsp3) is 0.310. The number of nitrogens with one attached hydrogen (secondary N) is 1. The predicted molar refractivity (Wildman–Crippen MR) is 158 cm³/mol. The average Bonchev–Trinajstić information content (AvgIpc) is 2.90. The molecule has 0 aliphatic carbocycles. The number of nitrogens with zero attached hydrogens (tertiary/aromatic N) is 2. The number of para-hydroxylation sites is 2. The summed E-state index contributed by atoms with van der Waals surface area (Å²) in [5.74, 6) is -0.755. The molecule has 1 unspecified atom stereocenters. The number of carbonyl (C=O) groups is 2. The Hall–Kier alpha value is -3.27. The molecular weight excluding hydrogens is 573 g/mol. The number of rotatable bonds is 10. The highest BCUT2D eigenvalue weighted by Crippen LogP contribution is 2.32. The fourth-order valence-electron chi connectivity index (χ4n) is 3.96. The van der Waals surface area contributed by atoms with E-state index in [0.717, 1.165) is 4.31 Å². The Balaban J connectivity index is 2.09.